The van der Waals surface area contributed by atoms with Crippen LogP contribution in [0.5, 0.6) is 0 Å². The van der Waals surface area contributed by atoms with Crippen LogP contribution in [0.3, 0.4) is 0 Å². The first-order valence-corrected chi connectivity index (χ1v) is 5.45. The Morgan fingerprint density at radius 1 is 1.14 bits per heavy atom. The molecule has 1 aliphatic rings. The predicted molar refractivity (Wildman–Crippen MR) is 61.9 cm³/mol. The Balaban J connectivity index is 2.24. The molecular formula is C11H15ClN2. The van der Waals surface area contributed by atoms with Crippen molar-refractivity contribution in [2.45, 2.75) is 19.3 Å². The first-order valence-electron chi connectivity index (χ1n) is 5.07. The summed E-state index contributed by atoms with van der Waals surface area (Å²) >= 11 is 6.13. The lowest BCUT2D eigenvalue weighted by Gasteiger charge is -2.29. The summed E-state index contributed by atoms with van der Waals surface area (Å²) in [5, 5.41) is 0.807. The van der Waals surface area contributed by atoms with Gasteiger partial charge in [0.1, 0.15) is 0 Å². The molecular weight excluding hydrogens is 196 g/mol. The SMILES string of the molecule is Nc1ccc(Cl)c(N2CCCCC2)c1. The van der Waals surface area contributed by atoms with Crippen LogP contribution < -0.4 is 10.6 Å². The minimum absolute atomic E-state index is 0.787. The minimum atomic E-state index is 0.787. The van der Waals surface area contributed by atoms with Crippen LogP contribution in [-0.4, -0.2) is 13.1 Å². The molecule has 1 aromatic rings. The van der Waals surface area contributed by atoms with Gasteiger partial charge in [0.05, 0.1) is 10.7 Å². The summed E-state index contributed by atoms with van der Waals surface area (Å²) < 4.78 is 0. The van der Waals surface area contributed by atoms with Gasteiger partial charge in [-0.15, -0.1) is 0 Å². The summed E-state index contributed by atoms with van der Waals surface area (Å²) in [5.74, 6) is 0. The second kappa shape index (κ2) is 4.09. The molecule has 0 unspecified atom stereocenters. The molecule has 0 amide bonds. The van der Waals surface area contributed by atoms with E-state index in [2.05, 4.69) is 4.90 Å². The van der Waals surface area contributed by atoms with Crippen molar-refractivity contribution in [3.8, 4) is 0 Å². The monoisotopic (exact) mass is 210 g/mol. The molecule has 14 heavy (non-hydrogen) atoms. The number of anilines is 2. The third-order valence-corrected chi connectivity index (χ3v) is 2.99. The van der Waals surface area contributed by atoms with Gasteiger partial charge in [0, 0.05) is 18.8 Å². The van der Waals surface area contributed by atoms with Gasteiger partial charge in [0.15, 0.2) is 0 Å². The number of halogens is 1. The van der Waals surface area contributed by atoms with Crippen molar-refractivity contribution in [1.29, 1.82) is 0 Å². The number of hydrogen-bond acceptors (Lipinski definition) is 2. The lowest BCUT2D eigenvalue weighted by molar-refractivity contribution is 0.578. The van der Waals surface area contributed by atoms with Crippen molar-refractivity contribution in [1.82, 2.24) is 0 Å². The van der Waals surface area contributed by atoms with E-state index in [0.29, 0.717) is 0 Å². The third kappa shape index (κ3) is 1.95. The molecule has 3 heteroatoms. The standard InChI is InChI=1S/C11H15ClN2/c12-10-5-4-9(13)8-11(10)14-6-2-1-3-7-14/h4-5,8H,1-3,6-7,13H2. The molecule has 1 aromatic carbocycles. The van der Waals surface area contributed by atoms with Gasteiger partial charge in [0.2, 0.25) is 0 Å². The van der Waals surface area contributed by atoms with Gasteiger partial charge in [-0.3, -0.25) is 0 Å². The molecule has 76 valence electrons. The zero-order valence-corrected chi connectivity index (χ0v) is 8.93. The Morgan fingerprint density at radius 3 is 2.57 bits per heavy atom. The zero-order valence-electron chi connectivity index (χ0n) is 8.17. The van der Waals surface area contributed by atoms with Gasteiger partial charge < -0.3 is 10.6 Å². The normalized spacial score (nSPS) is 17.1. The topological polar surface area (TPSA) is 29.3 Å². The molecule has 2 nitrogen and oxygen atoms in total. The van der Waals surface area contributed by atoms with E-state index in [0.717, 1.165) is 29.5 Å². The van der Waals surface area contributed by atoms with Crippen LogP contribution in [0.4, 0.5) is 11.4 Å². The molecule has 1 heterocycles. The van der Waals surface area contributed by atoms with Crippen molar-refractivity contribution in [2.75, 3.05) is 23.7 Å². The van der Waals surface area contributed by atoms with Crippen molar-refractivity contribution >= 4 is 23.0 Å². The molecule has 2 rings (SSSR count). The van der Waals surface area contributed by atoms with Crippen LogP contribution >= 0.6 is 11.6 Å². The Labute approximate surface area is 89.7 Å². The lowest BCUT2D eigenvalue weighted by atomic mass is 10.1. The summed E-state index contributed by atoms with van der Waals surface area (Å²) in [6.07, 6.45) is 3.84. The molecule has 1 fully saturated rings. The van der Waals surface area contributed by atoms with E-state index >= 15 is 0 Å². The number of nitrogens with two attached hydrogens (primary N) is 1. The summed E-state index contributed by atoms with van der Waals surface area (Å²) in [4.78, 5) is 2.32. The highest BCUT2D eigenvalue weighted by Gasteiger charge is 2.13. The number of piperidine rings is 1. The zero-order chi connectivity index (χ0) is 9.97. The highest BCUT2D eigenvalue weighted by molar-refractivity contribution is 6.33. The number of nitrogen functional groups attached to an aromatic ring is 1. The van der Waals surface area contributed by atoms with Crippen LogP contribution in [-0.2, 0) is 0 Å². The van der Waals surface area contributed by atoms with Gasteiger partial charge in [-0.25, -0.2) is 0 Å². The van der Waals surface area contributed by atoms with Crippen LogP contribution in [0.25, 0.3) is 0 Å². The predicted octanol–water partition coefficient (Wildman–Crippen LogP) is 2.91. The fourth-order valence-corrected chi connectivity index (χ4v) is 2.14. The summed E-state index contributed by atoms with van der Waals surface area (Å²) in [6, 6.07) is 5.68. The van der Waals surface area contributed by atoms with Crippen molar-refractivity contribution in [3.05, 3.63) is 23.2 Å². The molecule has 0 bridgehead atoms. The summed E-state index contributed by atoms with van der Waals surface area (Å²) in [5.41, 5.74) is 7.63. The van der Waals surface area contributed by atoms with E-state index in [1.165, 1.54) is 19.3 Å². The molecule has 0 saturated carbocycles. The first-order chi connectivity index (χ1) is 6.77. The Morgan fingerprint density at radius 2 is 1.86 bits per heavy atom. The fraction of sp³-hybridized carbons (Fsp3) is 0.455. The molecule has 1 saturated heterocycles. The molecule has 0 aromatic heterocycles. The van der Waals surface area contributed by atoms with Crippen molar-refractivity contribution < 1.29 is 0 Å². The van der Waals surface area contributed by atoms with Crippen LogP contribution in [0.15, 0.2) is 18.2 Å². The van der Waals surface area contributed by atoms with Crippen LogP contribution in [0.1, 0.15) is 19.3 Å². The van der Waals surface area contributed by atoms with E-state index in [9.17, 15) is 0 Å². The van der Waals surface area contributed by atoms with Crippen LogP contribution in [0.2, 0.25) is 5.02 Å². The quantitative estimate of drug-likeness (QED) is 0.723. The number of hydrogen-bond donors (Lipinski definition) is 1. The number of rotatable bonds is 1. The van der Waals surface area contributed by atoms with Crippen molar-refractivity contribution in [2.24, 2.45) is 0 Å². The Hall–Kier alpha value is -0.890. The minimum Gasteiger partial charge on any atom is -0.399 e. The van der Waals surface area contributed by atoms with Gasteiger partial charge in [0.25, 0.3) is 0 Å². The molecule has 0 aliphatic carbocycles. The van der Waals surface area contributed by atoms with Crippen molar-refractivity contribution in [3.63, 3.8) is 0 Å². The maximum Gasteiger partial charge on any atom is 0.0641 e. The molecule has 0 spiro atoms. The number of benzene rings is 1. The third-order valence-electron chi connectivity index (χ3n) is 2.67. The largest absolute Gasteiger partial charge is 0.399 e. The van der Waals surface area contributed by atoms with E-state index in [4.69, 9.17) is 17.3 Å². The van der Waals surface area contributed by atoms with Gasteiger partial charge in [-0.1, -0.05) is 11.6 Å². The summed E-state index contributed by atoms with van der Waals surface area (Å²) in [6.45, 7) is 2.20. The Kier molecular flexibility index (Phi) is 2.82. The Bertz CT molecular complexity index is 319. The van der Waals surface area contributed by atoms with E-state index in [-0.39, 0.29) is 0 Å². The summed E-state index contributed by atoms with van der Waals surface area (Å²) in [7, 11) is 0. The second-order valence-electron chi connectivity index (χ2n) is 3.76. The lowest BCUT2D eigenvalue weighted by Crippen LogP contribution is -2.29. The number of nitrogens with zero attached hydrogens (tertiary/aromatic N) is 1. The molecule has 0 radical (unpaired) electrons. The van der Waals surface area contributed by atoms with Gasteiger partial charge in [-0.2, -0.15) is 0 Å². The highest BCUT2D eigenvalue weighted by Crippen LogP contribution is 2.29. The molecule has 1 aliphatic heterocycles. The first kappa shape index (κ1) is 9.66. The van der Waals surface area contributed by atoms with Gasteiger partial charge >= 0.3 is 0 Å². The van der Waals surface area contributed by atoms with E-state index in [1.54, 1.807) is 0 Å². The smallest absolute Gasteiger partial charge is 0.0641 e. The van der Waals surface area contributed by atoms with Crippen LogP contribution in [0, 0.1) is 0 Å². The molecule has 0 atom stereocenters. The van der Waals surface area contributed by atoms with Gasteiger partial charge in [-0.05, 0) is 37.5 Å². The molecule has 2 N–H and O–H groups in total. The average molecular weight is 211 g/mol. The average Bonchev–Trinajstić information content (AvgIpc) is 2.23. The maximum absolute atomic E-state index is 6.13. The fourth-order valence-electron chi connectivity index (χ4n) is 1.91. The maximum atomic E-state index is 6.13. The van der Waals surface area contributed by atoms with E-state index in [1.807, 2.05) is 18.2 Å². The highest BCUT2D eigenvalue weighted by atomic mass is 35.5. The second-order valence-corrected chi connectivity index (χ2v) is 4.17. The van der Waals surface area contributed by atoms with E-state index < -0.39 is 0 Å².